The van der Waals surface area contributed by atoms with E-state index in [1.807, 2.05) is 36.4 Å². The third kappa shape index (κ3) is 4.75. The second kappa shape index (κ2) is 9.78. The van der Waals surface area contributed by atoms with Crippen molar-refractivity contribution in [2.45, 2.75) is 6.04 Å². The molecule has 0 heterocycles. The summed E-state index contributed by atoms with van der Waals surface area (Å²) in [5, 5.41) is 14.9. The lowest BCUT2D eigenvalue weighted by molar-refractivity contribution is -0.143. The van der Waals surface area contributed by atoms with Gasteiger partial charge < -0.3 is 15.2 Å². The molecule has 164 valence electrons. The zero-order valence-electron chi connectivity index (χ0n) is 17.9. The van der Waals surface area contributed by atoms with Gasteiger partial charge in [-0.15, -0.1) is 0 Å². The predicted octanol–water partition coefficient (Wildman–Crippen LogP) is 4.94. The first-order valence-electron chi connectivity index (χ1n) is 10.4. The van der Waals surface area contributed by atoms with Crippen molar-refractivity contribution in [3.8, 4) is 5.75 Å². The molecule has 2 N–H and O–H groups in total. The van der Waals surface area contributed by atoms with Crippen molar-refractivity contribution in [3.05, 3.63) is 108 Å². The summed E-state index contributed by atoms with van der Waals surface area (Å²) in [7, 11) is 1.28. The van der Waals surface area contributed by atoms with Crippen LogP contribution >= 0.6 is 0 Å². The Labute approximate surface area is 191 Å². The van der Waals surface area contributed by atoms with Gasteiger partial charge >= 0.3 is 5.97 Å². The van der Waals surface area contributed by atoms with Crippen molar-refractivity contribution in [2.75, 3.05) is 7.11 Å². The maximum atomic E-state index is 13.1. The average molecular weight is 438 g/mol. The lowest BCUT2D eigenvalue weighted by atomic mass is 10.0. The van der Waals surface area contributed by atoms with E-state index in [2.05, 4.69) is 10.3 Å². The molecule has 1 amide bonds. The molecule has 1 atom stereocenters. The normalized spacial score (nSPS) is 11.9. The number of rotatable bonds is 6. The highest BCUT2D eigenvalue weighted by Crippen LogP contribution is 2.27. The first kappa shape index (κ1) is 21.8. The van der Waals surface area contributed by atoms with E-state index < -0.39 is 17.9 Å². The molecule has 4 aromatic rings. The number of ether oxygens (including phenoxy) is 1. The van der Waals surface area contributed by atoms with Crippen LogP contribution in [0.15, 0.2) is 96.0 Å². The third-order valence-electron chi connectivity index (χ3n) is 5.27. The Bertz CT molecular complexity index is 1330. The monoisotopic (exact) mass is 438 g/mol. The topological polar surface area (TPSA) is 88.0 Å². The van der Waals surface area contributed by atoms with Crippen LogP contribution in [0.1, 0.15) is 27.5 Å². The van der Waals surface area contributed by atoms with E-state index in [-0.39, 0.29) is 5.75 Å². The number of hydrogen-bond donors (Lipinski definition) is 2. The number of nitrogens with one attached hydrogen (secondary N) is 1. The van der Waals surface area contributed by atoms with Gasteiger partial charge in [-0.1, -0.05) is 72.8 Å². The third-order valence-corrected chi connectivity index (χ3v) is 5.27. The minimum absolute atomic E-state index is 0.0919. The molecule has 6 heteroatoms. The van der Waals surface area contributed by atoms with Crippen LogP contribution in [0, 0.1) is 0 Å². The number of aliphatic imine (C=N–C) groups is 1. The lowest BCUT2D eigenvalue weighted by Crippen LogP contribution is -2.34. The van der Waals surface area contributed by atoms with E-state index in [0.29, 0.717) is 22.4 Å². The highest BCUT2D eigenvalue weighted by atomic mass is 16.5. The average Bonchev–Trinajstić information content (AvgIpc) is 2.86. The molecule has 33 heavy (non-hydrogen) atoms. The van der Waals surface area contributed by atoms with Gasteiger partial charge in [-0.3, -0.25) is 9.79 Å². The number of carbonyl (C=O) groups excluding carboxylic acids is 2. The molecular weight excluding hydrogens is 416 g/mol. The number of phenols is 1. The number of phenolic OH excluding ortho intramolecular Hbond substituents is 1. The first-order valence-corrected chi connectivity index (χ1v) is 10.4. The van der Waals surface area contributed by atoms with Gasteiger partial charge in [0.15, 0.2) is 6.04 Å². The van der Waals surface area contributed by atoms with Gasteiger partial charge in [0.25, 0.3) is 5.91 Å². The molecule has 0 radical (unpaired) electrons. The molecular formula is C27H22N2O4. The van der Waals surface area contributed by atoms with Crippen molar-refractivity contribution < 1.29 is 19.4 Å². The largest absolute Gasteiger partial charge is 0.507 e. The van der Waals surface area contributed by atoms with Crippen LogP contribution in [0.25, 0.3) is 10.8 Å². The van der Waals surface area contributed by atoms with E-state index in [9.17, 15) is 14.7 Å². The van der Waals surface area contributed by atoms with Crippen LogP contribution < -0.4 is 5.32 Å². The number of benzene rings is 4. The van der Waals surface area contributed by atoms with Crippen molar-refractivity contribution >= 4 is 34.6 Å². The van der Waals surface area contributed by atoms with Gasteiger partial charge in [-0.2, -0.15) is 0 Å². The molecule has 0 fully saturated rings. The summed E-state index contributed by atoms with van der Waals surface area (Å²) in [4.78, 5) is 30.0. The van der Waals surface area contributed by atoms with Crippen LogP contribution in [0.4, 0.5) is 5.69 Å². The van der Waals surface area contributed by atoms with Gasteiger partial charge in [-0.05, 0) is 34.5 Å². The molecule has 0 aliphatic rings. The van der Waals surface area contributed by atoms with Gasteiger partial charge in [0.05, 0.1) is 18.4 Å². The van der Waals surface area contributed by atoms with Crippen molar-refractivity contribution in [1.29, 1.82) is 0 Å². The van der Waals surface area contributed by atoms with Crippen molar-refractivity contribution in [3.63, 3.8) is 0 Å². The molecule has 4 aromatic carbocycles. The predicted molar refractivity (Wildman–Crippen MR) is 128 cm³/mol. The fourth-order valence-electron chi connectivity index (χ4n) is 3.58. The summed E-state index contributed by atoms with van der Waals surface area (Å²) in [6.07, 6.45) is 1.54. The van der Waals surface area contributed by atoms with Crippen LogP contribution in [0.3, 0.4) is 0 Å². The van der Waals surface area contributed by atoms with Crippen molar-refractivity contribution in [1.82, 2.24) is 5.32 Å². The number of methoxy groups -OCH3 is 1. The molecule has 0 saturated carbocycles. The number of esters is 1. The van der Waals surface area contributed by atoms with Gasteiger partial charge in [0.2, 0.25) is 0 Å². The summed E-state index contributed by atoms with van der Waals surface area (Å²) in [6.45, 7) is 0. The van der Waals surface area contributed by atoms with E-state index in [4.69, 9.17) is 4.74 Å². The van der Waals surface area contributed by atoms with Crippen LogP contribution in [0.2, 0.25) is 0 Å². The Morgan fingerprint density at radius 1 is 0.909 bits per heavy atom. The maximum absolute atomic E-state index is 13.1. The Morgan fingerprint density at radius 2 is 1.61 bits per heavy atom. The molecule has 0 aliphatic carbocycles. The van der Waals surface area contributed by atoms with Gasteiger partial charge in [-0.25, -0.2) is 4.79 Å². The molecule has 0 bridgehead atoms. The molecule has 4 rings (SSSR count). The fraction of sp³-hybridized carbons (Fsp3) is 0.0741. The quantitative estimate of drug-likeness (QED) is 0.330. The van der Waals surface area contributed by atoms with Gasteiger partial charge in [0.1, 0.15) is 5.75 Å². The van der Waals surface area contributed by atoms with E-state index in [0.717, 1.165) is 10.8 Å². The Kier molecular flexibility index (Phi) is 6.45. The van der Waals surface area contributed by atoms with E-state index >= 15 is 0 Å². The Morgan fingerprint density at radius 3 is 2.39 bits per heavy atom. The fourth-order valence-corrected chi connectivity index (χ4v) is 3.58. The Balaban J connectivity index is 1.66. The van der Waals surface area contributed by atoms with Crippen LogP contribution in [-0.4, -0.2) is 30.3 Å². The number of hydrogen-bond acceptors (Lipinski definition) is 5. The van der Waals surface area contributed by atoms with Crippen LogP contribution in [-0.2, 0) is 9.53 Å². The molecule has 0 aliphatic heterocycles. The van der Waals surface area contributed by atoms with Crippen molar-refractivity contribution in [2.24, 2.45) is 4.99 Å². The number of aromatic hydroxyl groups is 1. The van der Waals surface area contributed by atoms with Crippen LogP contribution in [0.5, 0.6) is 5.75 Å². The summed E-state index contributed by atoms with van der Waals surface area (Å²) < 4.78 is 4.88. The zero-order valence-corrected chi connectivity index (χ0v) is 17.9. The van der Waals surface area contributed by atoms with E-state index in [1.165, 1.54) is 7.11 Å². The summed E-state index contributed by atoms with van der Waals surface area (Å²) >= 11 is 0. The SMILES string of the molecule is COC(=O)[C@@H](NC(=O)c1ccccc1N=Cc1c(O)ccc2ccccc12)c1ccccc1. The molecule has 0 spiro atoms. The first-order chi connectivity index (χ1) is 16.1. The standard InChI is InChI=1S/C27H22N2O4/c1-33-27(32)25(19-10-3-2-4-11-19)29-26(31)21-13-7-8-14-23(21)28-17-22-20-12-6-5-9-18(20)15-16-24(22)30/h2-17,25,30H,1H3,(H,29,31)/t25-/m0/s1. The molecule has 0 aromatic heterocycles. The number of amides is 1. The number of fused-ring (bicyclic) bond motifs is 1. The second-order valence-electron chi connectivity index (χ2n) is 7.34. The highest BCUT2D eigenvalue weighted by Gasteiger charge is 2.24. The number of para-hydroxylation sites is 1. The van der Waals surface area contributed by atoms with E-state index in [1.54, 1.807) is 60.8 Å². The molecule has 6 nitrogen and oxygen atoms in total. The highest BCUT2D eigenvalue weighted by molar-refractivity contribution is 6.05. The summed E-state index contributed by atoms with van der Waals surface area (Å²) in [5.41, 5.74) is 1.86. The molecule has 0 saturated heterocycles. The lowest BCUT2D eigenvalue weighted by Gasteiger charge is -2.17. The second-order valence-corrected chi connectivity index (χ2v) is 7.34. The zero-order chi connectivity index (χ0) is 23.2. The summed E-state index contributed by atoms with van der Waals surface area (Å²) in [6, 6.07) is 25.8. The Hall–Kier alpha value is -4.45. The minimum Gasteiger partial charge on any atom is -0.507 e. The minimum atomic E-state index is -0.956. The molecule has 0 unspecified atom stereocenters. The van der Waals surface area contributed by atoms with Gasteiger partial charge in [0, 0.05) is 11.8 Å². The number of carbonyl (C=O) groups is 2. The summed E-state index contributed by atoms with van der Waals surface area (Å²) in [5.74, 6) is -0.949. The maximum Gasteiger partial charge on any atom is 0.333 e. The number of nitrogens with zero attached hydrogens (tertiary/aromatic N) is 1. The smallest absolute Gasteiger partial charge is 0.333 e.